The highest BCUT2D eigenvalue weighted by molar-refractivity contribution is 6.00. The fourth-order valence-corrected chi connectivity index (χ4v) is 3.90. The maximum atomic E-state index is 12.7. The number of carbonyl (C=O) groups is 2. The van der Waals surface area contributed by atoms with Gasteiger partial charge in [-0.25, -0.2) is 5.43 Å². The van der Waals surface area contributed by atoms with Gasteiger partial charge in [-0.3, -0.25) is 9.59 Å². The van der Waals surface area contributed by atoms with Crippen LogP contribution in [-0.4, -0.2) is 43.1 Å². The van der Waals surface area contributed by atoms with Gasteiger partial charge in [0.05, 0.1) is 13.3 Å². The Hall–Kier alpha value is -3.67. The molecule has 1 N–H and O–H groups in total. The average Bonchev–Trinajstić information content (AvgIpc) is 2.83. The van der Waals surface area contributed by atoms with Crippen LogP contribution < -0.4 is 10.2 Å². The molecule has 0 radical (unpaired) electrons. The van der Waals surface area contributed by atoms with Crippen LogP contribution in [0.2, 0.25) is 0 Å². The lowest BCUT2D eigenvalue weighted by molar-refractivity contribution is -0.126. The second-order valence-electron chi connectivity index (χ2n) is 7.60. The molecular weight excluding hydrogens is 390 g/mol. The van der Waals surface area contributed by atoms with Crippen molar-refractivity contribution < 1.29 is 14.3 Å². The van der Waals surface area contributed by atoms with Crippen LogP contribution in [0.25, 0.3) is 10.8 Å². The molecule has 1 fully saturated rings. The first-order valence-corrected chi connectivity index (χ1v) is 10.4. The second-order valence-corrected chi connectivity index (χ2v) is 7.60. The number of carbonyl (C=O) groups excluding carboxylic acids is 2. The lowest BCUT2D eigenvalue weighted by Crippen LogP contribution is -2.42. The van der Waals surface area contributed by atoms with Crippen LogP contribution in [0.3, 0.4) is 0 Å². The van der Waals surface area contributed by atoms with Crippen molar-refractivity contribution in [2.24, 2.45) is 11.0 Å². The summed E-state index contributed by atoms with van der Waals surface area (Å²) in [4.78, 5) is 27.1. The molecule has 0 atom stereocenters. The van der Waals surface area contributed by atoms with Gasteiger partial charge in [-0.1, -0.05) is 48.5 Å². The highest BCUT2D eigenvalue weighted by atomic mass is 16.5. The second kappa shape index (κ2) is 9.43. The van der Waals surface area contributed by atoms with Gasteiger partial charge in [-0.05, 0) is 41.8 Å². The summed E-state index contributed by atoms with van der Waals surface area (Å²) < 4.78 is 5.20. The van der Waals surface area contributed by atoms with Crippen molar-refractivity contribution in [1.82, 2.24) is 10.3 Å². The highest BCUT2D eigenvalue weighted by Gasteiger charge is 2.27. The number of amides is 2. The van der Waals surface area contributed by atoms with Crippen molar-refractivity contribution in [3.05, 3.63) is 77.9 Å². The molecule has 1 saturated heterocycles. The van der Waals surface area contributed by atoms with Crippen molar-refractivity contribution in [2.45, 2.75) is 12.8 Å². The zero-order valence-electron chi connectivity index (χ0n) is 17.5. The maximum absolute atomic E-state index is 12.7. The summed E-state index contributed by atoms with van der Waals surface area (Å²) >= 11 is 0. The van der Waals surface area contributed by atoms with E-state index in [-0.39, 0.29) is 17.7 Å². The largest absolute Gasteiger partial charge is 0.497 e. The van der Waals surface area contributed by atoms with E-state index in [0.717, 1.165) is 16.3 Å². The Morgan fingerprint density at radius 3 is 2.58 bits per heavy atom. The Labute approximate surface area is 181 Å². The first kappa shape index (κ1) is 20.6. The van der Waals surface area contributed by atoms with E-state index in [1.165, 1.54) is 0 Å². The van der Waals surface area contributed by atoms with Crippen molar-refractivity contribution in [3.63, 3.8) is 0 Å². The monoisotopic (exact) mass is 415 g/mol. The number of benzene rings is 3. The van der Waals surface area contributed by atoms with E-state index in [2.05, 4.69) is 10.5 Å². The molecule has 1 heterocycles. The van der Waals surface area contributed by atoms with Crippen LogP contribution in [0.4, 0.5) is 0 Å². The predicted molar refractivity (Wildman–Crippen MR) is 121 cm³/mol. The van der Waals surface area contributed by atoms with Gasteiger partial charge in [-0.2, -0.15) is 5.10 Å². The molecule has 0 unspecified atom stereocenters. The standard InChI is InChI=1S/C25H25N3O3/c1-31-22-10-5-8-20(16-22)25(30)28-14-12-19(13-15-28)24(29)27-26-17-21-9-4-7-18-6-2-3-11-23(18)21/h2-11,16-17,19H,12-15H2,1H3,(H,27,29)/b26-17-. The third-order valence-electron chi connectivity index (χ3n) is 5.67. The van der Waals surface area contributed by atoms with Gasteiger partial charge >= 0.3 is 0 Å². The number of hydrogen-bond acceptors (Lipinski definition) is 4. The fourth-order valence-electron chi connectivity index (χ4n) is 3.90. The van der Waals surface area contributed by atoms with Gasteiger partial charge < -0.3 is 9.64 Å². The van der Waals surface area contributed by atoms with E-state index in [1.54, 1.807) is 36.4 Å². The van der Waals surface area contributed by atoms with Gasteiger partial charge in [0.2, 0.25) is 5.91 Å². The minimum atomic E-state index is -0.154. The van der Waals surface area contributed by atoms with E-state index in [9.17, 15) is 9.59 Å². The smallest absolute Gasteiger partial charge is 0.253 e. The SMILES string of the molecule is COc1cccc(C(=O)N2CCC(C(=O)N/N=C\c3cccc4ccccc34)CC2)c1. The van der Waals surface area contributed by atoms with Gasteiger partial charge in [0, 0.05) is 30.1 Å². The molecule has 0 aromatic heterocycles. The molecule has 31 heavy (non-hydrogen) atoms. The Morgan fingerprint density at radius 2 is 1.77 bits per heavy atom. The number of nitrogens with zero attached hydrogens (tertiary/aromatic N) is 2. The number of nitrogens with one attached hydrogen (secondary N) is 1. The average molecular weight is 415 g/mol. The van der Waals surface area contributed by atoms with E-state index < -0.39 is 0 Å². The molecule has 4 rings (SSSR count). The summed E-state index contributed by atoms with van der Waals surface area (Å²) in [5, 5.41) is 6.39. The topological polar surface area (TPSA) is 71.0 Å². The Balaban J connectivity index is 1.32. The number of rotatable bonds is 5. The third kappa shape index (κ3) is 4.74. The summed E-state index contributed by atoms with van der Waals surface area (Å²) in [6, 6.07) is 21.2. The molecule has 0 spiro atoms. The Bertz CT molecular complexity index is 1110. The summed E-state index contributed by atoms with van der Waals surface area (Å²) in [7, 11) is 1.58. The van der Waals surface area contributed by atoms with E-state index >= 15 is 0 Å². The molecule has 0 aliphatic carbocycles. The van der Waals surface area contributed by atoms with E-state index in [4.69, 9.17) is 4.74 Å². The van der Waals surface area contributed by atoms with Crippen LogP contribution in [0.5, 0.6) is 5.75 Å². The molecule has 3 aromatic carbocycles. The third-order valence-corrected chi connectivity index (χ3v) is 5.67. The molecule has 2 amide bonds. The van der Waals surface area contributed by atoms with E-state index in [0.29, 0.717) is 37.2 Å². The molecule has 3 aromatic rings. The van der Waals surface area contributed by atoms with Crippen LogP contribution in [0.1, 0.15) is 28.8 Å². The van der Waals surface area contributed by atoms with Gasteiger partial charge in [0.25, 0.3) is 5.91 Å². The lowest BCUT2D eigenvalue weighted by atomic mass is 9.95. The molecule has 0 bridgehead atoms. The van der Waals surface area contributed by atoms with Crippen molar-refractivity contribution in [1.29, 1.82) is 0 Å². The number of hydrogen-bond donors (Lipinski definition) is 1. The number of piperidine rings is 1. The summed E-state index contributed by atoms with van der Waals surface area (Å²) in [6.45, 7) is 1.09. The van der Waals surface area contributed by atoms with Crippen molar-refractivity contribution in [3.8, 4) is 5.75 Å². The normalized spacial score (nSPS) is 14.7. The maximum Gasteiger partial charge on any atom is 0.253 e. The highest BCUT2D eigenvalue weighted by Crippen LogP contribution is 2.21. The Morgan fingerprint density at radius 1 is 1.03 bits per heavy atom. The van der Waals surface area contributed by atoms with Crippen LogP contribution in [0.15, 0.2) is 71.8 Å². The zero-order valence-corrected chi connectivity index (χ0v) is 17.5. The number of methoxy groups -OCH3 is 1. The molecular formula is C25H25N3O3. The number of hydrazone groups is 1. The van der Waals surface area contributed by atoms with Crippen molar-refractivity contribution >= 4 is 28.8 Å². The van der Waals surface area contributed by atoms with Crippen LogP contribution in [-0.2, 0) is 4.79 Å². The zero-order chi connectivity index (χ0) is 21.6. The fraction of sp³-hybridized carbons (Fsp3) is 0.240. The minimum Gasteiger partial charge on any atom is -0.497 e. The van der Waals surface area contributed by atoms with Crippen LogP contribution in [0, 0.1) is 5.92 Å². The quantitative estimate of drug-likeness (QED) is 0.508. The van der Waals surface area contributed by atoms with E-state index in [1.807, 2.05) is 48.5 Å². The number of fused-ring (bicyclic) bond motifs is 1. The molecule has 1 aliphatic rings. The van der Waals surface area contributed by atoms with Gasteiger partial charge in [-0.15, -0.1) is 0 Å². The number of likely N-dealkylation sites (tertiary alicyclic amines) is 1. The predicted octanol–water partition coefficient (Wildman–Crippen LogP) is 3.85. The summed E-state index contributed by atoms with van der Waals surface area (Å²) in [5.41, 5.74) is 4.22. The first-order valence-electron chi connectivity index (χ1n) is 10.4. The van der Waals surface area contributed by atoms with Crippen molar-refractivity contribution in [2.75, 3.05) is 20.2 Å². The minimum absolute atomic E-state index is 0.0354. The van der Waals surface area contributed by atoms with Crippen LogP contribution >= 0.6 is 0 Å². The molecule has 0 saturated carbocycles. The summed E-state index contributed by atoms with van der Waals surface area (Å²) in [6.07, 6.45) is 2.92. The summed E-state index contributed by atoms with van der Waals surface area (Å²) in [5.74, 6) is 0.361. The molecule has 158 valence electrons. The van der Waals surface area contributed by atoms with Gasteiger partial charge in [0.1, 0.15) is 5.75 Å². The Kier molecular flexibility index (Phi) is 6.26. The molecule has 1 aliphatic heterocycles. The molecule has 6 heteroatoms. The number of ether oxygens (including phenoxy) is 1. The molecule has 6 nitrogen and oxygen atoms in total. The van der Waals surface area contributed by atoms with Gasteiger partial charge in [0.15, 0.2) is 0 Å². The first-order chi connectivity index (χ1) is 15.2. The lowest BCUT2D eigenvalue weighted by Gasteiger charge is -2.31.